The van der Waals surface area contributed by atoms with Crippen molar-refractivity contribution < 1.29 is 4.79 Å². The van der Waals surface area contributed by atoms with Crippen LogP contribution in [0, 0.1) is 5.92 Å². The number of nitrogens with one attached hydrogen (secondary N) is 1. The highest BCUT2D eigenvalue weighted by molar-refractivity contribution is 5.85. The van der Waals surface area contributed by atoms with Gasteiger partial charge in [0.25, 0.3) is 0 Å². The van der Waals surface area contributed by atoms with Crippen molar-refractivity contribution in [3.8, 4) is 0 Å². The zero-order chi connectivity index (χ0) is 14.2. The lowest BCUT2D eigenvalue weighted by Gasteiger charge is -2.47. The van der Waals surface area contributed by atoms with Crippen molar-refractivity contribution >= 4 is 18.3 Å². The van der Waals surface area contributed by atoms with Crippen LogP contribution < -0.4 is 5.32 Å². The van der Waals surface area contributed by atoms with Crippen LogP contribution in [0.15, 0.2) is 24.3 Å². The van der Waals surface area contributed by atoms with E-state index in [1.165, 1.54) is 11.1 Å². The Morgan fingerprint density at radius 1 is 1.24 bits per heavy atom. The number of hydrogen-bond acceptors (Lipinski definition) is 2. The number of carbonyl (C=O) groups is 1. The second-order valence-corrected chi connectivity index (χ2v) is 6.54. The molecule has 3 rings (SSSR count). The van der Waals surface area contributed by atoms with Gasteiger partial charge in [0, 0.05) is 24.4 Å². The van der Waals surface area contributed by atoms with Gasteiger partial charge in [-0.05, 0) is 37.1 Å². The summed E-state index contributed by atoms with van der Waals surface area (Å²) in [6.07, 6.45) is 2.26. The monoisotopic (exact) mass is 308 g/mol. The number of rotatable bonds is 1. The number of carbonyl (C=O) groups excluding carboxylic acids is 1. The Labute approximate surface area is 133 Å². The molecule has 2 aliphatic rings. The average Bonchev–Trinajstić information content (AvgIpc) is 2.47. The molecule has 1 spiro atoms. The minimum Gasteiger partial charge on any atom is -0.337 e. The second kappa shape index (κ2) is 6.37. The first kappa shape index (κ1) is 16.3. The molecule has 0 saturated carbocycles. The van der Waals surface area contributed by atoms with Gasteiger partial charge in [0.1, 0.15) is 0 Å². The number of benzene rings is 1. The van der Waals surface area contributed by atoms with Crippen LogP contribution in [-0.4, -0.2) is 30.4 Å². The van der Waals surface area contributed by atoms with Gasteiger partial charge in [-0.3, -0.25) is 4.79 Å². The highest BCUT2D eigenvalue weighted by atomic mass is 35.5. The van der Waals surface area contributed by atoms with E-state index in [-0.39, 0.29) is 29.6 Å². The zero-order valence-electron chi connectivity index (χ0n) is 12.9. The van der Waals surface area contributed by atoms with Gasteiger partial charge >= 0.3 is 0 Å². The summed E-state index contributed by atoms with van der Waals surface area (Å²) in [6.45, 7) is 7.77. The Hall–Kier alpha value is -1.06. The summed E-state index contributed by atoms with van der Waals surface area (Å²) in [5.74, 6) is 0.372. The molecule has 3 nitrogen and oxygen atoms in total. The third kappa shape index (κ3) is 2.95. The number of piperidine rings is 1. The van der Waals surface area contributed by atoms with Crippen LogP contribution in [0.5, 0.6) is 0 Å². The van der Waals surface area contributed by atoms with Gasteiger partial charge in [0.2, 0.25) is 5.91 Å². The van der Waals surface area contributed by atoms with Crippen molar-refractivity contribution in [3.05, 3.63) is 35.4 Å². The molecule has 4 heteroatoms. The Morgan fingerprint density at radius 2 is 1.90 bits per heavy atom. The second-order valence-electron chi connectivity index (χ2n) is 6.54. The van der Waals surface area contributed by atoms with Gasteiger partial charge in [-0.1, -0.05) is 38.1 Å². The van der Waals surface area contributed by atoms with Gasteiger partial charge in [-0.25, -0.2) is 0 Å². The third-order valence-electron chi connectivity index (χ3n) is 4.81. The molecule has 1 aromatic carbocycles. The number of hydrogen-bond donors (Lipinski definition) is 1. The van der Waals surface area contributed by atoms with Crippen LogP contribution in [-0.2, 0) is 16.8 Å². The van der Waals surface area contributed by atoms with Crippen molar-refractivity contribution in [2.24, 2.45) is 5.92 Å². The first-order valence-electron chi connectivity index (χ1n) is 7.70. The number of amides is 1. The maximum atomic E-state index is 12.4. The summed E-state index contributed by atoms with van der Waals surface area (Å²) in [6, 6.07) is 8.70. The zero-order valence-corrected chi connectivity index (χ0v) is 13.7. The number of halogens is 1. The molecule has 0 atom stereocenters. The van der Waals surface area contributed by atoms with Crippen molar-refractivity contribution in [3.63, 3.8) is 0 Å². The average molecular weight is 309 g/mol. The third-order valence-corrected chi connectivity index (χ3v) is 4.81. The van der Waals surface area contributed by atoms with Crippen molar-refractivity contribution in [1.29, 1.82) is 0 Å². The van der Waals surface area contributed by atoms with Gasteiger partial charge < -0.3 is 10.2 Å². The van der Waals surface area contributed by atoms with Crippen LogP contribution in [0.1, 0.15) is 37.8 Å². The van der Waals surface area contributed by atoms with Gasteiger partial charge in [-0.15, -0.1) is 12.4 Å². The van der Waals surface area contributed by atoms with Gasteiger partial charge in [0.05, 0.1) is 0 Å². The number of nitrogens with zero attached hydrogens (tertiary/aromatic N) is 1. The summed E-state index contributed by atoms with van der Waals surface area (Å²) in [5.41, 5.74) is 2.99. The lowest BCUT2D eigenvalue weighted by molar-refractivity contribution is -0.136. The fraction of sp³-hybridized carbons (Fsp3) is 0.588. The Bertz CT molecular complexity index is 509. The summed E-state index contributed by atoms with van der Waals surface area (Å²) >= 11 is 0. The molecule has 1 N–H and O–H groups in total. The minimum atomic E-state index is 0. The summed E-state index contributed by atoms with van der Waals surface area (Å²) in [5, 5.41) is 3.45. The van der Waals surface area contributed by atoms with Crippen molar-refractivity contribution in [2.45, 2.75) is 38.6 Å². The van der Waals surface area contributed by atoms with Crippen LogP contribution in [0.25, 0.3) is 0 Å². The van der Waals surface area contributed by atoms with E-state index in [1.807, 2.05) is 13.8 Å². The molecule has 0 radical (unpaired) electrons. The molecule has 0 aromatic heterocycles. The highest BCUT2D eigenvalue weighted by Gasteiger charge is 2.41. The van der Waals surface area contributed by atoms with E-state index in [4.69, 9.17) is 0 Å². The first-order valence-corrected chi connectivity index (χ1v) is 7.70. The topological polar surface area (TPSA) is 32.3 Å². The lowest BCUT2D eigenvalue weighted by Crippen LogP contribution is -2.53. The summed E-state index contributed by atoms with van der Waals surface area (Å²) in [4.78, 5) is 14.5. The summed E-state index contributed by atoms with van der Waals surface area (Å²) < 4.78 is 0. The van der Waals surface area contributed by atoms with Crippen molar-refractivity contribution in [2.75, 3.05) is 19.6 Å². The van der Waals surface area contributed by atoms with Gasteiger partial charge in [0.15, 0.2) is 0 Å². The molecular weight excluding hydrogens is 284 g/mol. The number of fused-ring (bicyclic) bond motifs is 2. The quantitative estimate of drug-likeness (QED) is 0.865. The molecule has 116 valence electrons. The fourth-order valence-corrected chi connectivity index (χ4v) is 3.74. The highest BCUT2D eigenvalue weighted by Crippen LogP contribution is 2.40. The predicted octanol–water partition coefficient (Wildman–Crippen LogP) is 2.73. The van der Waals surface area contributed by atoms with E-state index in [0.717, 1.165) is 39.0 Å². The van der Waals surface area contributed by atoms with Gasteiger partial charge in [-0.2, -0.15) is 0 Å². The Balaban J connectivity index is 0.00000161. The van der Waals surface area contributed by atoms with Crippen LogP contribution in [0.3, 0.4) is 0 Å². The van der Waals surface area contributed by atoms with E-state index in [9.17, 15) is 4.79 Å². The van der Waals surface area contributed by atoms with E-state index in [1.54, 1.807) is 0 Å². The van der Waals surface area contributed by atoms with E-state index < -0.39 is 0 Å². The van der Waals surface area contributed by atoms with Crippen LogP contribution in [0.2, 0.25) is 0 Å². The smallest absolute Gasteiger partial charge is 0.225 e. The first-order chi connectivity index (χ1) is 9.62. The standard InChI is InChI=1S/C17H24N2O.ClH/c1-13(2)16(20)19-11-14-5-3-4-6-15(14)17(12-19)7-9-18-10-8-17;/h3-6,13,18H,7-12H2,1-2H3;1H. The lowest BCUT2D eigenvalue weighted by atomic mass is 9.69. The maximum Gasteiger partial charge on any atom is 0.225 e. The molecule has 2 aliphatic heterocycles. The molecule has 0 bridgehead atoms. The molecule has 1 aromatic rings. The molecule has 0 unspecified atom stereocenters. The molecule has 1 fully saturated rings. The van der Waals surface area contributed by atoms with Crippen LogP contribution >= 0.6 is 12.4 Å². The van der Waals surface area contributed by atoms with Crippen LogP contribution in [0.4, 0.5) is 0 Å². The Kier molecular flexibility index (Phi) is 4.95. The fourth-order valence-electron chi connectivity index (χ4n) is 3.74. The molecule has 21 heavy (non-hydrogen) atoms. The molecule has 2 heterocycles. The van der Waals surface area contributed by atoms with E-state index >= 15 is 0 Å². The van der Waals surface area contributed by atoms with E-state index in [0.29, 0.717) is 0 Å². The van der Waals surface area contributed by atoms with Crippen molar-refractivity contribution in [1.82, 2.24) is 10.2 Å². The SMILES string of the molecule is CC(C)C(=O)N1Cc2ccccc2C2(CCNCC2)C1.Cl. The summed E-state index contributed by atoms with van der Waals surface area (Å²) in [7, 11) is 0. The Morgan fingerprint density at radius 3 is 2.57 bits per heavy atom. The largest absolute Gasteiger partial charge is 0.337 e. The molecular formula is C17H25ClN2O. The molecule has 1 saturated heterocycles. The molecule has 1 amide bonds. The maximum absolute atomic E-state index is 12.4. The normalized spacial score (nSPS) is 20.0. The predicted molar refractivity (Wildman–Crippen MR) is 87.7 cm³/mol. The molecule has 0 aliphatic carbocycles. The van der Waals surface area contributed by atoms with E-state index in [2.05, 4.69) is 34.5 Å². The minimum absolute atomic E-state index is 0.